The van der Waals surface area contributed by atoms with E-state index in [0.29, 0.717) is 40.2 Å². The van der Waals surface area contributed by atoms with Gasteiger partial charge in [0, 0.05) is 17.3 Å². The molecule has 0 aliphatic heterocycles. The van der Waals surface area contributed by atoms with Crippen LogP contribution < -0.4 is 15.6 Å². The molecular weight excluding hydrogens is 358 g/mol. The minimum absolute atomic E-state index is 0.113. The molecule has 2 N–H and O–H groups in total. The quantitative estimate of drug-likeness (QED) is 0.662. The first-order valence-corrected chi connectivity index (χ1v) is 9.09. The number of ether oxygens (including phenoxy) is 1. The van der Waals surface area contributed by atoms with Gasteiger partial charge in [-0.05, 0) is 58.0 Å². The summed E-state index contributed by atoms with van der Waals surface area (Å²) in [4.78, 5) is 29.4. The Labute approximate surface area is 162 Å². The molecule has 0 saturated heterocycles. The smallest absolute Gasteiger partial charge is 0.270 e. The molecule has 2 aromatic heterocycles. The van der Waals surface area contributed by atoms with Crippen LogP contribution in [0.2, 0.25) is 0 Å². The Bertz CT molecular complexity index is 1010. The number of pyridine rings is 1. The molecule has 0 aliphatic rings. The summed E-state index contributed by atoms with van der Waals surface area (Å²) in [6.45, 7) is 8.24. The van der Waals surface area contributed by atoms with Gasteiger partial charge in [-0.15, -0.1) is 0 Å². The summed E-state index contributed by atoms with van der Waals surface area (Å²) >= 11 is 0. The Kier molecular flexibility index (Phi) is 5.58. The number of carbonyl (C=O) groups is 2. The van der Waals surface area contributed by atoms with Crippen LogP contribution >= 0.6 is 0 Å². The van der Waals surface area contributed by atoms with E-state index in [1.165, 1.54) is 0 Å². The zero-order valence-electron chi connectivity index (χ0n) is 16.3. The SMILES string of the molecule is CCOc1ccc(C(=O)NNC(=O)c2cc(C)nc3c2cnn3C(C)C)cc1. The first-order valence-electron chi connectivity index (χ1n) is 9.09. The van der Waals surface area contributed by atoms with Crippen molar-refractivity contribution in [2.45, 2.75) is 33.7 Å². The zero-order chi connectivity index (χ0) is 20.3. The van der Waals surface area contributed by atoms with Crippen LogP contribution in [0.5, 0.6) is 5.75 Å². The van der Waals surface area contributed by atoms with E-state index in [0.717, 1.165) is 0 Å². The van der Waals surface area contributed by atoms with Crippen molar-refractivity contribution in [1.82, 2.24) is 25.6 Å². The van der Waals surface area contributed by atoms with Gasteiger partial charge in [-0.1, -0.05) is 0 Å². The number of hydrogen-bond donors (Lipinski definition) is 2. The van der Waals surface area contributed by atoms with Crippen LogP contribution in [-0.4, -0.2) is 33.2 Å². The molecule has 2 heterocycles. The summed E-state index contributed by atoms with van der Waals surface area (Å²) in [7, 11) is 0. The highest BCUT2D eigenvalue weighted by atomic mass is 16.5. The molecule has 146 valence electrons. The maximum atomic E-state index is 12.7. The van der Waals surface area contributed by atoms with E-state index < -0.39 is 11.8 Å². The first kappa shape index (κ1) is 19.3. The van der Waals surface area contributed by atoms with Crippen LogP contribution in [0.25, 0.3) is 11.0 Å². The van der Waals surface area contributed by atoms with Gasteiger partial charge in [0.15, 0.2) is 5.65 Å². The van der Waals surface area contributed by atoms with E-state index in [-0.39, 0.29) is 6.04 Å². The highest BCUT2D eigenvalue weighted by Crippen LogP contribution is 2.20. The third-order valence-electron chi connectivity index (χ3n) is 4.15. The largest absolute Gasteiger partial charge is 0.494 e. The number of hydrogen-bond acceptors (Lipinski definition) is 5. The lowest BCUT2D eigenvalue weighted by atomic mass is 10.1. The maximum Gasteiger partial charge on any atom is 0.270 e. The van der Waals surface area contributed by atoms with Crippen molar-refractivity contribution < 1.29 is 14.3 Å². The van der Waals surface area contributed by atoms with Crippen LogP contribution in [0.4, 0.5) is 0 Å². The van der Waals surface area contributed by atoms with Crippen LogP contribution in [0.15, 0.2) is 36.5 Å². The number of aryl methyl sites for hydroxylation is 1. The second-order valence-electron chi connectivity index (χ2n) is 6.60. The van der Waals surface area contributed by atoms with Crippen molar-refractivity contribution in [2.24, 2.45) is 0 Å². The van der Waals surface area contributed by atoms with Crippen molar-refractivity contribution in [1.29, 1.82) is 0 Å². The number of aromatic nitrogens is 3. The summed E-state index contributed by atoms with van der Waals surface area (Å²) in [5.74, 6) is -0.172. The van der Waals surface area contributed by atoms with Crippen molar-refractivity contribution in [3.05, 3.63) is 53.3 Å². The number of hydrazine groups is 1. The van der Waals surface area contributed by atoms with Gasteiger partial charge in [0.2, 0.25) is 0 Å². The van der Waals surface area contributed by atoms with E-state index >= 15 is 0 Å². The molecule has 3 aromatic rings. The Balaban J connectivity index is 1.75. The Hall–Kier alpha value is -3.42. The minimum Gasteiger partial charge on any atom is -0.494 e. The lowest BCUT2D eigenvalue weighted by molar-refractivity contribution is 0.0847. The van der Waals surface area contributed by atoms with Crippen molar-refractivity contribution in [3.8, 4) is 5.75 Å². The number of nitrogens with one attached hydrogen (secondary N) is 2. The average molecular weight is 381 g/mol. The first-order chi connectivity index (χ1) is 13.4. The monoisotopic (exact) mass is 381 g/mol. The normalized spacial score (nSPS) is 10.9. The molecule has 0 atom stereocenters. The average Bonchev–Trinajstić information content (AvgIpc) is 3.10. The number of rotatable bonds is 5. The number of nitrogens with zero attached hydrogens (tertiary/aromatic N) is 3. The van der Waals surface area contributed by atoms with E-state index in [1.807, 2.05) is 27.7 Å². The summed E-state index contributed by atoms with van der Waals surface area (Å²) in [6.07, 6.45) is 1.62. The van der Waals surface area contributed by atoms with Crippen LogP contribution in [0.1, 0.15) is 53.2 Å². The number of benzene rings is 1. The summed E-state index contributed by atoms with van der Waals surface area (Å²) in [5, 5.41) is 4.95. The van der Waals surface area contributed by atoms with Gasteiger partial charge in [-0.2, -0.15) is 5.10 Å². The fourth-order valence-corrected chi connectivity index (χ4v) is 2.83. The summed E-state index contributed by atoms with van der Waals surface area (Å²) in [5.41, 5.74) is 7.04. The van der Waals surface area contributed by atoms with E-state index in [4.69, 9.17) is 4.74 Å². The maximum absolute atomic E-state index is 12.7. The lowest BCUT2D eigenvalue weighted by Crippen LogP contribution is -2.41. The molecule has 0 saturated carbocycles. The second-order valence-corrected chi connectivity index (χ2v) is 6.60. The molecule has 3 rings (SSSR count). The Morgan fingerprint density at radius 1 is 1.14 bits per heavy atom. The van der Waals surface area contributed by atoms with Crippen LogP contribution in [-0.2, 0) is 0 Å². The molecule has 28 heavy (non-hydrogen) atoms. The topological polar surface area (TPSA) is 98.1 Å². The van der Waals surface area contributed by atoms with Gasteiger partial charge < -0.3 is 4.74 Å². The molecule has 0 spiro atoms. The lowest BCUT2D eigenvalue weighted by Gasteiger charge is -2.10. The standard InChI is InChI=1S/C20H23N5O3/c1-5-28-15-8-6-14(7-9-15)19(26)23-24-20(27)16-10-13(4)22-18-17(16)11-21-25(18)12(2)3/h6-12H,5H2,1-4H3,(H,23,26)(H,24,27). The summed E-state index contributed by atoms with van der Waals surface area (Å²) in [6, 6.07) is 8.46. The minimum atomic E-state index is -0.432. The number of amides is 2. The molecule has 0 unspecified atom stereocenters. The fourth-order valence-electron chi connectivity index (χ4n) is 2.83. The van der Waals surface area contributed by atoms with Gasteiger partial charge in [-0.3, -0.25) is 20.4 Å². The highest BCUT2D eigenvalue weighted by molar-refractivity contribution is 6.06. The van der Waals surface area contributed by atoms with Crippen molar-refractivity contribution in [2.75, 3.05) is 6.61 Å². The molecule has 2 amide bonds. The van der Waals surface area contributed by atoms with Gasteiger partial charge in [-0.25, -0.2) is 9.67 Å². The fraction of sp³-hybridized carbons (Fsp3) is 0.300. The molecule has 8 nitrogen and oxygen atoms in total. The van der Waals surface area contributed by atoms with Crippen molar-refractivity contribution in [3.63, 3.8) is 0 Å². The van der Waals surface area contributed by atoms with Gasteiger partial charge >= 0.3 is 0 Å². The predicted molar refractivity (Wildman–Crippen MR) is 105 cm³/mol. The number of fused-ring (bicyclic) bond motifs is 1. The predicted octanol–water partition coefficient (Wildman–Crippen LogP) is 2.79. The molecule has 8 heteroatoms. The molecule has 0 bridgehead atoms. The van der Waals surface area contributed by atoms with E-state index in [1.54, 1.807) is 41.2 Å². The second kappa shape index (κ2) is 8.08. The van der Waals surface area contributed by atoms with Crippen LogP contribution in [0, 0.1) is 6.92 Å². The molecule has 0 aliphatic carbocycles. The van der Waals surface area contributed by atoms with Gasteiger partial charge in [0.1, 0.15) is 5.75 Å². The Morgan fingerprint density at radius 3 is 2.46 bits per heavy atom. The van der Waals surface area contributed by atoms with Gasteiger partial charge in [0.05, 0.1) is 23.8 Å². The Morgan fingerprint density at radius 2 is 1.82 bits per heavy atom. The zero-order valence-corrected chi connectivity index (χ0v) is 16.3. The van der Waals surface area contributed by atoms with E-state index in [2.05, 4.69) is 20.9 Å². The third-order valence-corrected chi connectivity index (χ3v) is 4.15. The molecule has 1 aromatic carbocycles. The van der Waals surface area contributed by atoms with Gasteiger partial charge in [0.25, 0.3) is 11.8 Å². The number of carbonyl (C=O) groups excluding carboxylic acids is 2. The van der Waals surface area contributed by atoms with E-state index in [9.17, 15) is 9.59 Å². The molecule has 0 radical (unpaired) electrons. The molecule has 0 fully saturated rings. The molecular formula is C20H23N5O3. The summed E-state index contributed by atoms with van der Waals surface area (Å²) < 4.78 is 7.11. The van der Waals surface area contributed by atoms with Crippen molar-refractivity contribution >= 4 is 22.8 Å². The van der Waals surface area contributed by atoms with Crippen LogP contribution in [0.3, 0.4) is 0 Å². The third kappa shape index (κ3) is 3.95. The highest BCUT2D eigenvalue weighted by Gasteiger charge is 2.17.